The first-order chi connectivity index (χ1) is 19.3. The first-order valence-electron chi connectivity index (χ1n) is 14.0. The predicted molar refractivity (Wildman–Crippen MR) is 154 cm³/mol. The van der Waals surface area contributed by atoms with Crippen molar-refractivity contribution in [1.82, 2.24) is 24.3 Å². The third-order valence-electron chi connectivity index (χ3n) is 7.95. The topological polar surface area (TPSA) is 84.8 Å². The van der Waals surface area contributed by atoms with E-state index in [0.29, 0.717) is 19.8 Å². The number of amides is 1. The average molecular weight is 536 g/mol. The summed E-state index contributed by atoms with van der Waals surface area (Å²) in [6, 6.07) is 10.9. The van der Waals surface area contributed by atoms with Gasteiger partial charge in [-0.3, -0.25) is 0 Å². The van der Waals surface area contributed by atoms with Gasteiger partial charge < -0.3 is 23.8 Å². The number of nitrogens with one attached hydrogen (secondary N) is 1. The zero-order valence-corrected chi connectivity index (χ0v) is 23.1. The monoisotopic (exact) mass is 535 g/mol. The van der Waals surface area contributed by atoms with E-state index in [2.05, 4.69) is 40.3 Å². The minimum atomic E-state index is -0.536. The molecule has 2 aliphatic heterocycles. The number of aromatic amines is 1. The number of carbonyl (C=O) groups is 1. The fourth-order valence-electron chi connectivity index (χ4n) is 6.08. The fourth-order valence-corrected chi connectivity index (χ4v) is 6.08. The van der Waals surface area contributed by atoms with Gasteiger partial charge in [-0.05, 0) is 92.1 Å². The molecule has 0 bridgehead atoms. The molecule has 1 saturated heterocycles. The lowest BCUT2D eigenvalue weighted by molar-refractivity contribution is 0.0221. The van der Waals surface area contributed by atoms with Gasteiger partial charge in [-0.25, -0.2) is 14.8 Å². The average Bonchev–Trinajstić information content (AvgIpc) is 3.70. The van der Waals surface area contributed by atoms with E-state index in [-0.39, 0.29) is 12.1 Å². The second-order valence-corrected chi connectivity index (χ2v) is 11.8. The Balaban J connectivity index is 1.31. The van der Waals surface area contributed by atoms with Crippen LogP contribution in [0.3, 0.4) is 0 Å². The number of hydrogen-bond donors (Lipinski definition) is 1. The van der Waals surface area contributed by atoms with Crippen LogP contribution in [0.5, 0.6) is 0 Å². The molecular formula is C32H33N5O3. The maximum Gasteiger partial charge on any atom is 0.410 e. The predicted octanol–water partition coefficient (Wildman–Crippen LogP) is 6.69. The van der Waals surface area contributed by atoms with E-state index in [4.69, 9.17) is 14.5 Å². The summed E-state index contributed by atoms with van der Waals surface area (Å²) in [5, 5.41) is 1.06. The SMILES string of the molecule is CC(C)(C)OC(=O)N1CCC[C@H]1c1cc(-c2cnc3[nH]cc(-c4ccn5ccnc5c4)c3c2)cc2c1COCC2. The van der Waals surface area contributed by atoms with Crippen LogP contribution >= 0.6 is 0 Å². The Kier molecular flexibility index (Phi) is 5.89. The maximum absolute atomic E-state index is 13.2. The molecule has 0 saturated carbocycles. The lowest BCUT2D eigenvalue weighted by atomic mass is 9.88. The Bertz CT molecular complexity index is 1740. The highest BCUT2D eigenvalue weighted by Gasteiger charge is 2.35. The van der Waals surface area contributed by atoms with Crippen LogP contribution in [0.4, 0.5) is 4.79 Å². The molecule has 0 radical (unpaired) electrons. The van der Waals surface area contributed by atoms with Crippen molar-refractivity contribution in [3.8, 4) is 22.3 Å². The van der Waals surface area contributed by atoms with Crippen molar-refractivity contribution in [2.75, 3.05) is 13.2 Å². The van der Waals surface area contributed by atoms with Crippen LogP contribution < -0.4 is 0 Å². The van der Waals surface area contributed by atoms with Gasteiger partial charge in [-0.2, -0.15) is 0 Å². The highest BCUT2D eigenvalue weighted by Crippen LogP contribution is 2.40. The number of nitrogens with zero attached hydrogens (tertiary/aromatic N) is 4. The summed E-state index contributed by atoms with van der Waals surface area (Å²) < 4.78 is 13.7. The fraction of sp³-hybridized carbons (Fsp3) is 0.344. The van der Waals surface area contributed by atoms with E-state index in [0.717, 1.165) is 63.8 Å². The number of H-pyrrole nitrogens is 1. The molecule has 5 aromatic rings. The van der Waals surface area contributed by atoms with Crippen molar-refractivity contribution in [2.24, 2.45) is 0 Å². The van der Waals surface area contributed by atoms with Gasteiger partial charge in [0.15, 0.2) is 0 Å². The summed E-state index contributed by atoms with van der Waals surface area (Å²) in [4.78, 5) is 27.7. The molecule has 8 nitrogen and oxygen atoms in total. The molecule has 7 rings (SSSR count). The second-order valence-electron chi connectivity index (χ2n) is 11.8. The minimum Gasteiger partial charge on any atom is -0.444 e. The van der Waals surface area contributed by atoms with Gasteiger partial charge in [-0.1, -0.05) is 6.07 Å². The summed E-state index contributed by atoms with van der Waals surface area (Å²) >= 11 is 0. The first-order valence-corrected chi connectivity index (χ1v) is 14.0. The number of imidazole rings is 1. The third-order valence-corrected chi connectivity index (χ3v) is 7.95. The van der Waals surface area contributed by atoms with E-state index >= 15 is 0 Å². The van der Waals surface area contributed by atoms with Gasteiger partial charge in [0, 0.05) is 54.0 Å². The highest BCUT2D eigenvalue weighted by atomic mass is 16.6. The molecule has 1 N–H and O–H groups in total. The summed E-state index contributed by atoms with van der Waals surface area (Å²) in [6.07, 6.45) is 12.2. The van der Waals surface area contributed by atoms with Crippen molar-refractivity contribution in [1.29, 1.82) is 0 Å². The van der Waals surface area contributed by atoms with Gasteiger partial charge in [0.2, 0.25) is 0 Å². The third kappa shape index (κ3) is 4.42. The number of likely N-dealkylation sites (tertiary alicyclic amines) is 1. The number of hydrogen-bond acceptors (Lipinski definition) is 5. The molecule has 2 aliphatic rings. The number of pyridine rings is 2. The van der Waals surface area contributed by atoms with Crippen molar-refractivity contribution in [3.05, 3.63) is 78.0 Å². The second kappa shape index (κ2) is 9.48. The lowest BCUT2D eigenvalue weighted by Crippen LogP contribution is -2.36. The normalized spacial score (nSPS) is 17.5. The molecule has 0 spiro atoms. The molecule has 4 aromatic heterocycles. The van der Waals surface area contributed by atoms with Crippen molar-refractivity contribution in [2.45, 2.75) is 58.3 Å². The van der Waals surface area contributed by atoms with Gasteiger partial charge in [0.25, 0.3) is 0 Å². The van der Waals surface area contributed by atoms with Crippen LogP contribution in [-0.2, 0) is 22.5 Å². The van der Waals surface area contributed by atoms with Crippen LogP contribution in [0.15, 0.2) is 61.3 Å². The zero-order valence-electron chi connectivity index (χ0n) is 23.1. The maximum atomic E-state index is 13.2. The molecule has 1 fully saturated rings. The van der Waals surface area contributed by atoms with Crippen LogP contribution in [-0.4, -0.2) is 49.1 Å². The Morgan fingerprint density at radius 1 is 1.10 bits per heavy atom. The Morgan fingerprint density at radius 3 is 2.88 bits per heavy atom. The van der Waals surface area contributed by atoms with Gasteiger partial charge >= 0.3 is 6.09 Å². The Hall–Kier alpha value is -4.17. The van der Waals surface area contributed by atoms with Crippen molar-refractivity contribution < 1.29 is 14.3 Å². The molecule has 204 valence electrons. The molecule has 1 aromatic carbocycles. The van der Waals surface area contributed by atoms with Crippen LogP contribution in [0.2, 0.25) is 0 Å². The quantitative estimate of drug-likeness (QED) is 0.278. The molecule has 1 atom stereocenters. The molecule has 0 aliphatic carbocycles. The number of rotatable bonds is 3. The van der Waals surface area contributed by atoms with E-state index < -0.39 is 5.60 Å². The van der Waals surface area contributed by atoms with E-state index in [1.807, 2.05) is 54.9 Å². The molecule has 0 unspecified atom stereocenters. The van der Waals surface area contributed by atoms with E-state index in [9.17, 15) is 4.79 Å². The summed E-state index contributed by atoms with van der Waals surface area (Å²) in [5.41, 5.74) is 9.21. The van der Waals surface area contributed by atoms with Gasteiger partial charge in [-0.15, -0.1) is 0 Å². The number of carbonyl (C=O) groups excluding carboxylic acids is 1. The Morgan fingerprint density at radius 2 is 2.00 bits per heavy atom. The Labute approximate surface area is 233 Å². The van der Waals surface area contributed by atoms with Gasteiger partial charge in [0.1, 0.15) is 16.9 Å². The van der Waals surface area contributed by atoms with Crippen LogP contribution in [0, 0.1) is 0 Å². The molecule has 6 heterocycles. The number of ether oxygens (including phenoxy) is 2. The van der Waals surface area contributed by atoms with Gasteiger partial charge in [0.05, 0.1) is 19.3 Å². The summed E-state index contributed by atoms with van der Waals surface area (Å²) in [6.45, 7) is 7.71. The first kappa shape index (κ1) is 24.8. The van der Waals surface area contributed by atoms with E-state index in [1.165, 1.54) is 11.1 Å². The standard InChI is InChI=1S/C32H33N5O3/c1-32(2,3)40-31(38)37-9-4-5-28(37)24-14-22(13-21-7-12-39-19-27(21)24)23-15-25-26(18-35-30(25)34-17-23)20-6-10-36-11-8-33-29(36)16-20/h6,8,10-11,13-18,28H,4-5,7,9,12,19H2,1-3H3,(H,34,35)/t28-/m0/s1. The highest BCUT2D eigenvalue weighted by molar-refractivity contribution is 5.96. The van der Waals surface area contributed by atoms with Crippen LogP contribution in [0.25, 0.3) is 38.9 Å². The number of fused-ring (bicyclic) bond motifs is 3. The summed E-state index contributed by atoms with van der Waals surface area (Å²) in [5.74, 6) is 0. The minimum absolute atomic E-state index is 0.0361. The largest absolute Gasteiger partial charge is 0.444 e. The van der Waals surface area contributed by atoms with Crippen LogP contribution in [0.1, 0.15) is 56.3 Å². The summed E-state index contributed by atoms with van der Waals surface area (Å²) in [7, 11) is 0. The number of aromatic nitrogens is 4. The molecule has 8 heteroatoms. The number of benzene rings is 1. The molecule has 1 amide bonds. The molecule has 40 heavy (non-hydrogen) atoms. The zero-order chi connectivity index (χ0) is 27.4. The van der Waals surface area contributed by atoms with Crippen molar-refractivity contribution >= 4 is 22.8 Å². The lowest BCUT2D eigenvalue weighted by Gasteiger charge is -2.31. The molecular weight excluding hydrogens is 502 g/mol. The smallest absolute Gasteiger partial charge is 0.410 e. The van der Waals surface area contributed by atoms with E-state index in [1.54, 1.807) is 6.20 Å². The van der Waals surface area contributed by atoms with Crippen molar-refractivity contribution in [3.63, 3.8) is 0 Å².